The number of para-hydroxylation sites is 2. The largest absolute Gasteiger partial charge is 0.508 e. The molecule has 5 heteroatoms. The van der Waals surface area contributed by atoms with E-state index >= 15 is 0 Å². The molecule has 92 heavy (non-hydrogen) atoms. The molecule has 0 bridgehead atoms. The van der Waals surface area contributed by atoms with Gasteiger partial charge in [0.05, 0.1) is 16.6 Å². The lowest BCUT2D eigenvalue weighted by Gasteiger charge is -2.19. The van der Waals surface area contributed by atoms with Gasteiger partial charge in [0.25, 0.3) is 0 Å². The summed E-state index contributed by atoms with van der Waals surface area (Å²) in [6, 6.07) is 77.1. The highest BCUT2D eigenvalue weighted by Gasteiger charge is 2.19. The van der Waals surface area contributed by atoms with Crippen molar-refractivity contribution in [3.05, 3.63) is 282 Å². The molecule has 0 spiro atoms. The van der Waals surface area contributed by atoms with Gasteiger partial charge < -0.3 is 5.11 Å². The molecule has 0 amide bonds. The molecular formula is C87H108N4O. The predicted molar refractivity (Wildman–Crippen MR) is 403 cm³/mol. The van der Waals surface area contributed by atoms with Gasteiger partial charge in [0.1, 0.15) is 5.75 Å². The van der Waals surface area contributed by atoms with Gasteiger partial charge in [-0.15, -0.1) is 0 Å². The van der Waals surface area contributed by atoms with Gasteiger partial charge in [0, 0.05) is 62.4 Å². The van der Waals surface area contributed by atoms with E-state index in [1.54, 1.807) is 12.1 Å². The number of aromatic nitrogens is 4. The summed E-state index contributed by atoms with van der Waals surface area (Å²) in [5.74, 6) is 0.331. The molecule has 0 aliphatic heterocycles. The molecular weight excluding hydrogens is 1120 g/mol. The molecule has 4 heterocycles. The molecule has 8 aromatic carbocycles. The number of hydrogen-bond acceptors (Lipinski definition) is 5. The van der Waals surface area contributed by atoms with Crippen molar-refractivity contribution >= 4 is 54.3 Å². The summed E-state index contributed by atoms with van der Waals surface area (Å²) >= 11 is 0. The van der Waals surface area contributed by atoms with E-state index in [0.29, 0.717) is 11.2 Å². The maximum absolute atomic E-state index is 9.02. The third-order valence-corrected chi connectivity index (χ3v) is 15.7. The second-order valence-corrected chi connectivity index (χ2v) is 30.9. The van der Waals surface area contributed by atoms with Crippen LogP contribution in [0.15, 0.2) is 243 Å². The maximum atomic E-state index is 9.02. The van der Waals surface area contributed by atoms with Crippen molar-refractivity contribution < 1.29 is 5.11 Å². The number of aromatic hydroxyl groups is 1. The number of fused-ring (bicyclic) bond motifs is 5. The zero-order valence-corrected chi connectivity index (χ0v) is 58.8. The minimum atomic E-state index is 0. The number of rotatable bonds is 0. The Kier molecular flexibility index (Phi) is 25.5. The van der Waals surface area contributed by atoms with E-state index in [4.69, 9.17) is 5.11 Å². The van der Waals surface area contributed by atoms with Crippen LogP contribution in [0, 0.1) is 0 Å². The maximum Gasteiger partial charge on any atom is 0.115 e. The second-order valence-electron chi connectivity index (χ2n) is 30.9. The van der Waals surface area contributed by atoms with Crippen molar-refractivity contribution in [2.24, 2.45) is 0 Å². The van der Waals surface area contributed by atoms with Crippen LogP contribution < -0.4 is 0 Å². The number of phenolic OH excluding ortho intramolecular Hbond substituents is 1. The van der Waals surface area contributed by atoms with Crippen LogP contribution in [0.1, 0.15) is 192 Å². The third-order valence-electron chi connectivity index (χ3n) is 15.7. The molecule has 4 aromatic heterocycles. The minimum absolute atomic E-state index is 0. The molecule has 0 saturated heterocycles. The molecule has 12 aromatic rings. The normalized spacial score (nSPS) is 11.7. The lowest BCUT2D eigenvalue weighted by atomic mass is 9.86. The molecule has 0 fully saturated rings. The monoisotopic (exact) mass is 1220 g/mol. The van der Waals surface area contributed by atoms with Crippen LogP contribution in [-0.2, 0) is 37.9 Å². The van der Waals surface area contributed by atoms with E-state index in [2.05, 4.69) is 329 Å². The number of nitrogens with zero attached hydrogens (tertiary/aromatic N) is 4. The van der Waals surface area contributed by atoms with Crippen molar-refractivity contribution in [3.8, 4) is 5.75 Å². The highest BCUT2D eigenvalue weighted by molar-refractivity contribution is 5.84. The van der Waals surface area contributed by atoms with Crippen LogP contribution in [-0.4, -0.2) is 25.0 Å². The third kappa shape index (κ3) is 23.0. The van der Waals surface area contributed by atoms with E-state index in [9.17, 15) is 0 Å². The van der Waals surface area contributed by atoms with Gasteiger partial charge in [-0.1, -0.05) is 317 Å². The van der Waals surface area contributed by atoms with Crippen molar-refractivity contribution in [2.45, 2.75) is 191 Å². The van der Waals surface area contributed by atoms with Gasteiger partial charge in [0.2, 0.25) is 0 Å². The lowest BCUT2D eigenvalue weighted by Crippen LogP contribution is -2.13. The summed E-state index contributed by atoms with van der Waals surface area (Å²) in [4.78, 5) is 17.9. The molecule has 12 rings (SSSR count). The van der Waals surface area contributed by atoms with Crippen LogP contribution >= 0.6 is 0 Å². The summed E-state index contributed by atoms with van der Waals surface area (Å²) in [6.45, 7) is 46.3. The van der Waals surface area contributed by atoms with E-state index < -0.39 is 0 Å². The van der Waals surface area contributed by atoms with Gasteiger partial charge in [-0.2, -0.15) is 0 Å². The molecule has 0 aliphatic rings. The minimum Gasteiger partial charge on any atom is -0.508 e. The van der Waals surface area contributed by atoms with Crippen molar-refractivity contribution in [1.82, 2.24) is 19.9 Å². The van der Waals surface area contributed by atoms with Crippen molar-refractivity contribution in [3.63, 3.8) is 0 Å². The predicted octanol–water partition coefficient (Wildman–Crippen LogP) is 24.6. The van der Waals surface area contributed by atoms with E-state index in [-0.39, 0.29) is 39.9 Å². The molecule has 0 unspecified atom stereocenters. The Morgan fingerprint density at radius 3 is 1.14 bits per heavy atom. The number of hydrogen-bond donors (Lipinski definition) is 1. The van der Waals surface area contributed by atoms with Gasteiger partial charge in [0.15, 0.2) is 0 Å². The highest BCUT2D eigenvalue weighted by atomic mass is 16.3. The van der Waals surface area contributed by atoms with Gasteiger partial charge in [-0.3, -0.25) is 19.9 Å². The van der Waals surface area contributed by atoms with Crippen LogP contribution in [0.5, 0.6) is 5.75 Å². The fourth-order valence-electron chi connectivity index (χ4n) is 9.56. The first-order chi connectivity index (χ1) is 42.5. The zero-order valence-electron chi connectivity index (χ0n) is 58.8. The fraction of sp³-hybridized carbons (Fsp3) is 0.333. The molecule has 482 valence electrons. The van der Waals surface area contributed by atoms with Crippen molar-refractivity contribution in [1.29, 1.82) is 0 Å². The standard InChI is InChI=1S/C14H16.4C13H15N.C10H14O.C10H14.CH4/c1-14(2,3)13-9-8-11-6-4-5-7-12(11)10-13;1-13(2,3)11-6-7-12-10(9-11)5-4-8-14-12;1-13(2,3)11-8-10-6-4-5-7-12(10)14-9-11;1-13(2,3)12-8-10-6-4-5-7-11(10)9-14-12;1-13(2,3)12-9-8-10-6-4-5-7-11(10)14-12;1-10(2,3)8-4-6-9(11)7-5-8;1-10(2,3)9-7-5-4-6-8-9;/h4-10H,1-3H3;4*4-9H,1-3H3;4-7,11H,1-3H3;4-8H,1-3H3;1H4. The summed E-state index contributed by atoms with van der Waals surface area (Å²) in [6.07, 6.45) is 5.76. The smallest absolute Gasteiger partial charge is 0.115 e. The van der Waals surface area contributed by atoms with Crippen LogP contribution in [0.2, 0.25) is 0 Å². The first-order valence-electron chi connectivity index (χ1n) is 32.2. The van der Waals surface area contributed by atoms with Gasteiger partial charge in [-0.05, 0) is 132 Å². The molecule has 0 aliphatic carbocycles. The van der Waals surface area contributed by atoms with Crippen molar-refractivity contribution in [2.75, 3.05) is 0 Å². The molecule has 1 N–H and O–H groups in total. The molecule has 0 radical (unpaired) electrons. The van der Waals surface area contributed by atoms with Crippen LogP contribution in [0.25, 0.3) is 54.3 Å². The topological polar surface area (TPSA) is 71.8 Å². The van der Waals surface area contributed by atoms with Gasteiger partial charge in [-0.25, -0.2) is 0 Å². The second kappa shape index (κ2) is 31.7. The molecule has 0 atom stereocenters. The quantitative estimate of drug-likeness (QED) is 0.164. The Balaban J connectivity index is 0.000000195. The van der Waals surface area contributed by atoms with E-state index in [1.807, 2.05) is 67.1 Å². The molecule has 5 nitrogen and oxygen atoms in total. The average Bonchev–Trinajstić information content (AvgIpc) is 0.915. The summed E-state index contributed by atoms with van der Waals surface area (Å²) in [7, 11) is 0. The van der Waals surface area contributed by atoms with Crippen LogP contribution in [0.3, 0.4) is 0 Å². The molecule has 0 saturated carbocycles. The fourth-order valence-corrected chi connectivity index (χ4v) is 9.56. The van der Waals surface area contributed by atoms with Gasteiger partial charge >= 0.3 is 0 Å². The Bertz CT molecular complexity index is 3690. The van der Waals surface area contributed by atoms with E-state index in [1.165, 1.54) is 65.5 Å². The van der Waals surface area contributed by atoms with Crippen LogP contribution in [0.4, 0.5) is 0 Å². The Hall–Kier alpha value is -8.54. The summed E-state index contributed by atoms with van der Waals surface area (Å²) in [5.41, 5.74) is 13.6. The van der Waals surface area contributed by atoms with E-state index in [0.717, 1.165) is 27.9 Å². The zero-order chi connectivity index (χ0) is 67.0. The number of pyridine rings is 4. The first-order valence-corrected chi connectivity index (χ1v) is 32.2. The Morgan fingerprint density at radius 1 is 0.239 bits per heavy atom. The SMILES string of the molecule is C.CC(C)(C)c1cc2ccccc2cn1.CC(C)(C)c1ccc(O)cc1.CC(C)(C)c1ccc2ccccc2c1.CC(C)(C)c1ccc2ccccc2n1.CC(C)(C)c1ccc2ncccc2c1.CC(C)(C)c1ccccc1.CC(C)(C)c1cnc2ccccc2c1. The lowest BCUT2D eigenvalue weighted by molar-refractivity contribution is 0.474. The highest BCUT2D eigenvalue weighted by Crippen LogP contribution is 2.30. The Labute approximate surface area is 554 Å². The number of benzene rings is 8. The summed E-state index contributed by atoms with van der Waals surface area (Å²) in [5, 5.41) is 17.8. The Morgan fingerprint density at radius 2 is 0.620 bits per heavy atom. The number of phenols is 1. The summed E-state index contributed by atoms with van der Waals surface area (Å²) < 4.78 is 0. The average molecular weight is 1230 g/mol. The first kappa shape index (κ1) is 74.2.